The molecule has 1 aliphatic rings. The largest absolute Gasteiger partial charge is 0.493 e. The number of imidazole rings is 1. The maximum absolute atomic E-state index is 12.9. The van der Waals surface area contributed by atoms with Crippen LogP contribution in [0.15, 0.2) is 29.6 Å². The van der Waals surface area contributed by atoms with E-state index in [4.69, 9.17) is 9.72 Å². The number of nitrogens with one attached hydrogen (secondary N) is 1. The van der Waals surface area contributed by atoms with Gasteiger partial charge in [-0.15, -0.1) is 0 Å². The lowest BCUT2D eigenvalue weighted by Gasteiger charge is -2.21. The van der Waals surface area contributed by atoms with Gasteiger partial charge in [0.25, 0.3) is 0 Å². The summed E-state index contributed by atoms with van der Waals surface area (Å²) in [6.07, 6.45) is 2.78. The molecule has 0 radical (unpaired) electrons. The second-order valence-electron chi connectivity index (χ2n) is 9.05. The highest BCUT2D eigenvalue weighted by atomic mass is 32.2. The van der Waals surface area contributed by atoms with E-state index in [1.807, 2.05) is 33.8 Å². The smallest absolute Gasteiger partial charge is 0.166 e. The molecule has 2 heterocycles. The average Bonchev–Trinajstić information content (AvgIpc) is 3.17. The van der Waals surface area contributed by atoms with Crippen molar-refractivity contribution in [3.05, 3.63) is 46.8 Å². The zero-order chi connectivity index (χ0) is 21.7. The minimum atomic E-state index is -0.487. The number of pyridine rings is 1. The van der Waals surface area contributed by atoms with Crippen molar-refractivity contribution in [1.29, 1.82) is 0 Å². The van der Waals surface area contributed by atoms with Crippen LogP contribution in [0, 0.1) is 6.92 Å². The molecule has 2 aromatic heterocycles. The molecule has 6 heteroatoms. The van der Waals surface area contributed by atoms with E-state index in [2.05, 4.69) is 35.9 Å². The normalized spacial score (nSPS) is 16.8. The number of benzene rings is 1. The lowest BCUT2D eigenvalue weighted by molar-refractivity contribution is -0.126. The third-order valence-corrected chi connectivity index (χ3v) is 7.03. The summed E-state index contributed by atoms with van der Waals surface area (Å²) in [7, 11) is 0. The van der Waals surface area contributed by atoms with E-state index in [9.17, 15) is 4.79 Å². The number of ether oxygens (including phenoxy) is 1. The van der Waals surface area contributed by atoms with Crippen molar-refractivity contribution in [2.24, 2.45) is 0 Å². The Kier molecular flexibility index (Phi) is 5.17. The van der Waals surface area contributed by atoms with Gasteiger partial charge >= 0.3 is 0 Å². The summed E-state index contributed by atoms with van der Waals surface area (Å²) >= 11 is 1.63. The first-order valence-electron chi connectivity index (χ1n) is 10.5. The van der Waals surface area contributed by atoms with Crippen LogP contribution in [0.1, 0.15) is 63.4 Å². The number of nitrogens with zero attached hydrogens (tertiary/aromatic N) is 2. The molecule has 158 valence electrons. The molecule has 0 saturated heterocycles. The van der Waals surface area contributed by atoms with Gasteiger partial charge in [0.15, 0.2) is 10.9 Å². The van der Waals surface area contributed by atoms with Crippen LogP contribution >= 0.6 is 11.8 Å². The molecule has 30 heavy (non-hydrogen) atoms. The summed E-state index contributed by atoms with van der Waals surface area (Å²) in [6, 6.07) is 6.12. The number of Topliss-reactive ketones (excluding diaryl/α,β-unsaturated/α-hetero) is 1. The first kappa shape index (κ1) is 20.9. The number of carbonyl (C=O) groups excluding carboxylic acids is 1. The van der Waals surface area contributed by atoms with E-state index in [1.165, 1.54) is 0 Å². The minimum absolute atomic E-state index is 0.263. The molecule has 0 amide bonds. The quantitative estimate of drug-likeness (QED) is 0.531. The average molecular weight is 424 g/mol. The number of H-pyrrole nitrogens is 1. The second-order valence-corrected chi connectivity index (χ2v) is 10.0. The van der Waals surface area contributed by atoms with Crippen molar-refractivity contribution in [2.45, 2.75) is 69.7 Å². The van der Waals surface area contributed by atoms with Crippen molar-refractivity contribution in [3.8, 4) is 5.75 Å². The molecule has 4 rings (SSSR count). The SMILES string of the molecule is CCCOc1ccnc(CSc2nc3cc4c(cc3[nH]2)C(C)(C)C(=O)C4(C)C)c1C. The molecular weight excluding hydrogens is 394 g/mol. The van der Waals surface area contributed by atoms with Crippen molar-refractivity contribution in [1.82, 2.24) is 15.0 Å². The summed E-state index contributed by atoms with van der Waals surface area (Å²) in [5, 5.41) is 0.858. The zero-order valence-electron chi connectivity index (χ0n) is 18.5. The first-order valence-corrected chi connectivity index (χ1v) is 11.4. The molecule has 1 aliphatic carbocycles. The molecule has 0 unspecified atom stereocenters. The summed E-state index contributed by atoms with van der Waals surface area (Å²) in [5.41, 5.74) is 5.18. The van der Waals surface area contributed by atoms with Crippen LogP contribution in [0.2, 0.25) is 0 Å². The van der Waals surface area contributed by atoms with E-state index in [0.717, 1.165) is 50.7 Å². The highest BCUT2D eigenvalue weighted by Gasteiger charge is 2.50. The number of hydrogen-bond acceptors (Lipinski definition) is 5. The summed E-state index contributed by atoms with van der Waals surface area (Å²) < 4.78 is 5.82. The third-order valence-electron chi connectivity index (χ3n) is 6.15. The summed E-state index contributed by atoms with van der Waals surface area (Å²) in [6.45, 7) is 12.9. The van der Waals surface area contributed by atoms with Crippen LogP contribution < -0.4 is 4.74 Å². The molecule has 0 saturated carbocycles. The molecule has 0 fully saturated rings. The molecule has 0 aliphatic heterocycles. The van der Waals surface area contributed by atoms with E-state index >= 15 is 0 Å². The number of aromatic amines is 1. The van der Waals surface area contributed by atoms with Gasteiger partial charge in [0.05, 0.1) is 23.3 Å². The molecule has 1 N–H and O–H groups in total. The van der Waals surface area contributed by atoms with Gasteiger partial charge in [-0.1, -0.05) is 18.7 Å². The Morgan fingerprint density at radius 3 is 2.53 bits per heavy atom. The van der Waals surface area contributed by atoms with Crippen LogP contribution in [0.4, 0.5) is 0 Å². The van der Waals surface area contributed by atoms with Crippen molar-refractivity contribution >= 4 is 28.6 Å². The van der Waals surface area contributed by atoms with Crippen molar-refractivity contribution in [2.75, 3.05) is 6.61 Å². The summed E-state index contributed by atoms with van der Waals surface area (Å²) in [5.74, 6) is 1.88. The first-order chi connectivity index (χ1) is 14.2. The fourth-order valence-electron chi connectivity index (χ4n) is 4.37. The van der Waals surface area contributed by atoms with Crippen LogP contribution in [0.5, 0.6) is 5.75 Å². The lowest BCUT2D eigenvalue weighted by Crippen LogP contribution is -2.33. The standard InChI is InChI=1S/C24H29N3O2S/c1-7-10-29-20-8-9-25-19(14(20)2)13-30-22-26-17-11-15-16(12-18(17)27-22)24(5,6)21(28)23(15,3)4/h8-9,11-12H,7,10,13H2,1-6H3,(H,26,27). The highest BCUT2D eigenvalue weighted by Crippen LogP contribution is 2.47. The second kappa shape index (κ2) is 7.41. The molecular formula is C24H29N3O2S. The van der Waals surface area contributed by atoms with Gasteiger partial charge in [-0.25, -0.2) is 4.98 Å². The van der Waals surface area contributed by atoms with Crippen molar-refractivity contribution < 1.29 is 9.53 Å². The van der Waals surface area contributed by atoms with Crippen LogP contribution in [0.3, 0.4) is 0 Å². The van der Waals surface area contributed by atoms with Gasteiger partial charge in [-0.3, -0.25) is 9.78 Å². The number of carbonyl (C=O) groups is 1. The van der Waals surface area contributed by atoms with E-state index < -0.39 is 10.8 Å². The van der Waals surface area contributed by atoms with Crippen LogP contribution in [-0.4, -0.2) is 27.3 Å². The molecule has 0 bridgehead atoms. The van der Waals surface area contributed by atoms with Gasteiger partial charge in [-0.2, -0.15) is 0 Å². The number of ketones is 1. The monoisotopic (exact) mass is 423 g/mol. The highest BCUT2D eigenvalue weighted by molar-refractivity contribution is 7.98. The fourth-order valence-corrected chi connectivity index (χ4v) is 5.28. The Morgan fingerprint density at radius 1 is 1.13 bits per heavy atom. The van der Waals surface area contributed by atoms with Gasteiger partial charge in [0.1, 0.15) is 5.75 Å². The number of hydrogen-bond donors (Lipinski definition) is 1. The van der Waals surface area contributed by atoms with Gasteiger partial charge in [0, 0.05) is 28.3 Å². The van der Waals surface area contributed by atoms with Gasteiger partial charge in [-0.05, 0) is 70.4 Å². The van der Waals surface area contributed by atoms with Gasteiger partial charge in [0.2, 0.25) is 0 Å². The van der Waals surface area contributed by atoms with Crippen LogP contribution in [0.25, 0.3) is 11.0 Å². The Hall–Kier alpha value is -2.34. The Balaban J connectivity index is 1.60. The van der Waals surface area contributed by atoms with E-state index in [-0.39, 0.29) is 5.78 Å². The Bertz CT molecular complexity index is 1080. The number of aromatic nitrogens is 3. The number of rotatable bonds is 6. The lowest BCUT2D eigenvalue weighted by atomic mass is 9.80. The molecule has 0 atom stereocenters. The molecule has 1 aromatic carbocycles. The molecule has 5 nitrogen and oxygen atoms in total. The maximum atomic E-state index is 12.9. The Morgan fingerprint density at radius 2 is 1.83 bits per heavy atom. The topological polar surface area (TPSA) is 67.9 Å². The molecule has 3 aromatic rings. The maximum Gasteiger partial charge on any atom is 0.166 e. The van der Waals surface area contributed by atoms with Crippen LogP contribution in [-0.2, 0) is 21.4 Å². The predicted molar refractivity (Wildman–Crippen MR) is 121 cm³/mol. The fraction of sp³-hybridized carbons (Fsp3) is 0.458. The minimum Gasteiger partial charge on any atom is -0.493 e. The third kappa shape index (κ3) is 3.31. The molecule has 0 spiro atoms. The Labute approximate surface area is 182 Å². The van der Waals surface area contributed by atoms with Gasteiger partial charge < -0.3 is 9.72 Å². The predicted octanol–water partition coefficient (Wildman–Crippen LogP) is 5.49. The van der Waals surface area contributed by atoms with Crippen molar-refractivity contribution in [3.63, 3.8) is 0 Å². The zero-order valence-corrected chi connectivity index (χ0v) is 19.4. The number of thioether (sulfide) groups is 1. The van der Waals surface area contributed by atoms with E-state index in [0.29, 0.717) is 12.4 Å². The summed E-state index contributed by atoms with van der Waals surface area (Å²) in [4.78, 5) is 25.6. The number of fused-ring (bicyclic) bond motifs is 2. The van der Waals surface area contributed by atoms with E-state index in [1.54, 1.807) is 18.0 Å².